The highest BCUT2D eigenvalue weighted by Gasteiger charge is 2.33. The normalized spacial score (nSPS) is 13.7. The van der Waals surface area contributed by atoms with Gasteiger partial charge in [-0.1, -0.05) is 53.4 Å². The number of hydrogen-bond donors (Lipinski definition) is 0. The van der Waals surface area contributed by atoms with Crippen molar-refractivity contribution in [1.82, 2.24) is 0 Å². The molecule has 0 bridgehead atoms. The third kappa shape index (κ3) is 10.3. The zero-order valence-electron chi connectivity index (χ0n) is 13.8. The Bertz CT molecular complexity index is 210. The first-order valence-corrected chi connectivity index (χ1v) is 13.5. The molecule has 0 spiro atoms. The molecule has 0 rings (SSSR count). The van der Waals surface area contributed by atoms with E-state index in [-0.39, 0.29) is 0 Å². The first kappa shape index (κ1) is 18.4. The summed E-state index contributed by atoms with van der Waals surface area (Å²) in [6, 6.07) is 2.47. The van der Waals surface area contributed by atoms with Crippen LogP contribution < -0.4 is 0 Å². The third-order valence-electron chi connectivity index (χ3n) is 2.77. The lowest BCUT2D eigenvalue weighted by Gasteiger charge is -2.31. The molecular weight excluding hydrogens is 256 g/mol. The number of rotatable bonds is 9. The van der Waals surface area contributed by atoms with Crippen LogP contribution in [0.2, 0.25) is 38.3 Å². The lowest BCUT2D eigenvalue weighted by molar-refractivity contribution is 0.143. The van der Waals surface area contributed by atoms with Gasteiger partial charge >= 0.3 is 8.56 Å². The van der Waals surface area contributed by atoms with Gasteiger partial charge in [0.15, 0.2) is 0 Å². The van der Waals surface area contributed by atoms with E-state index >= 15 is 0 Å². The zero-order valence-corrected chi connectivity index (χ0v) is 15.8. The quantitative estimate of drug-likeness (QED) is 0.571. The molecule has 4 heteroatoms. The molecule has 0 aliphatic heterocycles. The van der Waals surface area contributed by atoms with Gasteiger partial charge in [0.05, 0.1) is 0 Å². The lowest BCUT2D eigenvalue weighted by Crippen LogP contribution is -2.42. The molecule has 0 radical (unpaired) electrons. The van der Waals surface area contributed by atoms with Crippen LogP contribution in [0.5, 0.6) is 0 Å². The molecule has 0 saturated carbocycles. The molecule has 0 saturated heterocycles. The van der Waals surface area contributed by atoms with E-state index in [4.69, 9.17) is 8.85 Å². The van der Waals surface area contributed by atoms with Gasteiger partial charge in [0.25, 0.3) is 0 Å². The van der Waals surface area contributed by atoms with E-state index in [1.54, 1.807) is 0 Å². The fourth-order valence-corrected chi connectivity index (χ4v) is 8.03. The van der Waals surface area contributed by atoms with Crippen molar-refractivity contribution in [3.63, 3.8) is 0 Å². The van der Waals surface area contributed by atoms with Crippen LogP contribution in [0, 0.1) is 11.8 Å². The van der Waals surface area contributed by atoms with Gasteiger partial charge in [0.2, 0.25) is 0 Å². The van der Waals surface area contributed by atoms with Crippen LogP contribution >= 0.6 is 0 Å². The summed E-state index contributed by atoms with van der Waals surface area (Å²) in [5.41, 5.74) is 0. The highest BCUT2D eigenvalue weighted by molar-refractivity contribution is 6.78. The largest absolute Gasteiger partial charge is 0.394 e. The molecule has 110 valence electrons. The summed E-state index contributed by atoms with van der Waals surface area (Å²) in [7, 11) is -2.95. The summed E-state index contributed by atoms with van der Waals surface area (Å²) in [5.74, 6) is 1.18. The van der Waals surface area contributed by atoms with Crippen molar-refractivity contribution in [3.8, 4) is 0 Å². The molecule has 0 atom stereocenters. The monoisotopic (exact) mass is 290 g/mol. The summed E-state index contributed by atoms with van der Waals surface area (Å²) in [4.78, 5) is 0. The van der Waals surface area contributed by atoms with Crippen LogP contribution in [0.25, 0.3) is 0 Å². The average Bonchev–Trinajstić information content (AvgIpc) is 2.20. The van der Waals surface area contributed by atoms with Crippen LogP contribution in [0.15, 0.2) is 0 Å². The van der Waals surface area contributed by atoms with Gasteiger partial charge in [-0.2, -0.15) is 0 Å². The molecule has 0 fully saturated rings. The van der Waals surface area contributed by atoms with E-state index in [0.29, 0.717) is 11.8 Å². The summed E-state index contributed by atoms with van der Waals surface area (Å²) >= 11 is 0. The van der Waals surface area contributed by atoms with E-state index in [1.807, 2.05) is 0 Å². The Morgan fingerprint density at radius 3 is 1.39 bits per heavy atom. The first-order chi connectivity index (χ1) is 8.04. The average molecular weight is 291 g/mol. The summed E-state index contributed by atoms with van der Waals surface area (Å²) in [5, 5.41) is 0. The Kier molecular flexibility index (Phi) is 7.98. The molecule has 0 aromatic heterocycles. The second-order valence-electron chi connectivity index (χ2n) is 7.60. The highest BCUT2D eigenvalue weighted by atomic mass is 28.4. The minimum absolute atomic E-state index is 0.589. The predicted octanol–water partition coefficient (Wildman–Crippen LogP) is 4.74. The summed E-state index contributed by atoms with van der Waals surface area (Å²) in [6.07, 6.45) is 0. The summed E-state index contributed by atoms with van der Waals surface area (Å²) in [6.45, 7) is 20.0. The van der Waals surface area contributed by atoms with E-state index in [2.05, 4.69) is 53.9 Å². The van der Waals surface area contributed by atoms with Crippen molar-refractivity contribution in [2.45, 2.75) is 66.0 Å². The van der Waals surface area contributed by atoms with Crippen molar-refractivity contribution >= 4 is 16.6 Å². The fourth-order valence-electron chi connectivity index (χ4n) is 1.47. The van der Waals surface area contributed by atoms with E-state index in [9.17, 15) is 0 Å². The Balaban J connectivity index is 4.38. The van der Waals surface area contributed by atoms with Crippen LogP contribution in [-0.4, -0.2) is 29.8 Å². The molecule has 0 aliphatic rings. The topological polar surface area (TPSA) is 18.5 Å². The van der Waals surface area contributed by atoms with Crippen molar-refractivity contribution in [2.75, 3.05) is 13.2 Å². The SMILES string of the molecule is CC(C)CO[Si](C)(CC[Si](C)(C)C)OCC(C)C. The fraction of sp³-hybridized carbons (Fsp3) is 1.00. The zero-order chi connectivity index (χ0) is 14.4. The molecule has 0 heterocycles. The van der Waals surface area contributed by atoms with E-state index in [0.717, 1.165) is 19.3 Å². The van der Waals surface area contributed by atoms with Crippen LogP contribution in [-0.2, 0) is 8.85 Å². The van der Waals surface area contributed by atoms with Crippen LogP contribution in [0.3, 0.4) is 0 Å². The highest BCUT2D eigenvalue weighted by Crippen LogP contribution is 2.23. The van der Waals surface area contributed by atoms with Crippen molar-refractivity contribution in [2.24, 2.45) is 11.8 Å². The minimum atomic E-state index is -1.95. The van der Waals surface area contributed by atoms with Gasteiger partial charge < -0.3 is 8.85 Å². The molecular formula is C14H34O2Si2. The van der Waals surface area contributed by atoms with E-state index in [1.165, 1.54) is 6.04 Å². The smallest absolute Gasteiger partial charge is 0.334 e. The molecule has 0 unspecified atom stereocenters. The van der Waals surface area contributed by atoms with Crippen molar-refractivity contribution < 1.29 is 8.85 Å². The first-order valence-electron chi connectivity index (χ1n) is 7.32. The minimum Gasteiger partial charge on any atom is -0.394 e. The van der Waals surface area contributed by atoms with Gasteiger partial charge in [-0.25, -0.2) is 0 Å². The van der Waals surface area contributed by atoms with Gasteiger partial charge in [0, 0.05) is 21.3 Å². The third-order valence-corrected chi connectivity index (χ3v) is 7.74. The van der Waals surface area contributed by atoms with E-state index < -0.39 is 16.6 Å². The van der Waals surface area contributed by atoms with Gasteiger partial charge in [-0.05, 0) is 24.4 Å². The second kappa shape index (κ2) is 7.83. The van der Waals surface area contributed by atoms with Gasteiger partial charge in [-0.3, -0.25) is 0 Å². The molecule has 18 heavy (non-hydrogen) atoms. The maximum absolute atomic E-state index is 6.18. The van der Waals surface area contributed by atoms with Crippen LogP contribution in [0.1, 0.15) is 27.7 Å². The molecule has 0 aromatic carbocycles. The lowest BCUT2D eigenvalue weighted by atomic mass is 10.2. The van der Waals surface area contributed by atoms with Crippen LogP contribution in [0.4, 0.5) is 0 Å². The Morgan fingerprint density at radius 2 is 1.11 bits per heavy atom. The Morgan fingerprint density at radius 1 is 0.722 bits per heavy atom. The van der Waals surface area contributed by atoms with Gasteiger partial charge in [-0.15, -0.1) is 0 Å². The Labute approximate surface area is 117 Å². The molecule has 0 N–H and O–H groups in total. The summed E-state index contributed by atoms with van der Waals surface area (Å²) < 4.78 is 12.4. The molecule has 0 amide bonds. The number of hydrogen-bond acceptors (Lipinski definition) is 2. The Hall–Kier alpha value is 0.354. The van der Waals surface area contributed by atoms with Gasteiger partial charge in [0.1, 0.15) is 0 Å². The maximum atomic E-state index is 6.18. The van der Waals surface area contributed by atoms with Crippen molar-refractivity contribution in [1.29, 1.82) is 0 Å². The molecule has 0 aliphatic carbocycles. The second-order valence-corrected chi connectivity index (χ2v) is 16.6. The van der Waals surface area contributed by atoms with Crippen molar-refractivity contribution in [3.05, 3.63) is 0 Å². The molecule has 0 aromatic rings. The maximum Gasteiger partial charge on any atom is 0.334 e. The molecule has 2 nitrogen and oxygen atoms in total. The predicted molar refractivity (Wildman–Crippen MR) is 86.2 cm³/mol. The standard InChI is InChI=1S/C14H34O2Si2/c1-13(2)11-15-18(8,16-12-14(3)4)10-9-17(5,6)7/h13-14H,9-12H2,1-8H3.